The van der Waals surface area contributed by atoms with Crippen molar-refractivity contribution in [1.82, 2.24) is 0 Å². The lowest BCUT2D eigenvalue weighted by atomic mass is 9.80. The SMILES string of the molecule is O=C1c2ccccc2C(=O)C1Cc1ccc(N(CCOC(c2ccccc2)(c2ccccc2)c2ccccc2)CCOC(c2ccccc2)(c2ccccc2)c2ccccc2)cc1. The van der Waals surface area contributed by atoms with Crippen LogP contribution in [0, 0.1) is 5.92 Å². The van der Waals surface area contributed by atoms with Crippen molar-refractivity contribution < 1.29 is 19.1 Å². The number of fused-ring (bicyclic) bond motifs is 1. The fourth-order valence-electron chi connectivity index (χ4n) is 9.20. The lowest BCUT2D eigenvalue weighted by Crippen LogP contribution is -2.39. The minimum Gasteiger partial charge on any atom is -0.367 e. The molecular weight excluding hydrogens is 775 g/mol. The highest BCUT2D eigenvalue weighted by molar-refractivity contribution is 6.26. The topological polar surface area (TPSA) is 55.8 Å². The number of carbonyl (C=O) groups is 2. The first kappa shape index (κ1) is 41.2. The van der Waals surface area contributed by atoms with Gasteiger partial charge in [0.2, 0.25) is 0 Å². The Morgan fingerprint density at radius 2 is 0.651 bits per heavy atom. The number of hydrogen-bond donors (Lipinski definition) is 0. The van der Waals surface area contributed by atoms with Crippen LogP contribution < -0.4 is 4.90 Å². The van der Waals surface area contributed by atoms with Crippen LogP contribution in [-0.2, 0) is 27.1 Å². The molecule has 1 aliphatic carbocycles. The van der Waals surface area contributed by atoms with Crippen LogP contribution in [0.15, 0.2) is 231 Å². The number of anilines is 1. The van der Waals surface area contributed by atoms with Gasteiger partial charge in [-0.25, -0.2) is 0 Å². The summed E-state index contributed by atoms with van der Waals surface area (Å²) in [6.45, 7) is 1.84. The van der Waals surface area contributed by atoms with Gasteiger partial charge in [0.15, 0.2) is 11.6 Å². The molecule has 9 rings (SSSR count). The lowest BCUT2D eigenvalue weighted by molar-refractivity contribution is 0.00967. The third kappa shape index (κ3) is 8.29. The maximum Gasteiger partial charge on any atom is 0.174 e. The summed E-state index contributed by atoms with van der Waals surface area (Å²) in [6.07, 6.45) is 0.348. The zero-order chi connectivity index (χ0) is 42.9. The Morgan fingerprint density at radius 3 is 0.952 bits per heavy atom. The van der Waals surface area contributed by atoms with Gasteiger partial charge in [0.25, 0.3) is 0 Å². The Labute approximate surface area is 370 Å². The molecule has 0 bridgehead atoms. The largest absolute Gasteiger partial charge is 0.367 e. The van der Waals surface area contributed by atoms with Crippen molar-refractivity contribution in [2.45, 2.75) is 17.6 Å². The predicted molar refractivity (Wildman–Crippen MR) is 251 cm³/mol. The molecule has 0 aromatic heterocycles. The van der Waals surface area contributed by atoms with Gasteiger partial charge in [0.05, 0.1) is 19.1 Å². The van der Waals surface area contributed by atoms with Gasteiger partial charge in [-0.3, -0.25) is 9.59 Å². The Bertz CT molecular complexity index is 2370. The van der Waals surface area contributed by atoms with Crippen LogP contribution in [0.1, 0.15) is 59.7 Å². The number of rotatable bonds is 17. The van der Waals surface area contributed by atoms with E-state index >= 15 is 0 Å². The molecule has 0 atom stereocenters. The summed E-state index contributed by atoms with van der Waals surface area (Å²) in [4.78, 5) is 29.0. The summed E-state index contributed by atoms with van der Waals surface area (Å²) in [7, 11) is 0. The molecule has 0 fully saturated rings. The molecule has 0 N–H and O–H groups in total. The second-order valence-corrected chi connectivity index (χ2v) is 15.9. The van der Waals surface area contributed by atoms with Crippen LogP contribution in [0.2, 0.25) is 0 Å². The molecular formula is C58H49NO4. The van der Waals surface area contributed by atoms with E-state index in [9.17, 15) is 9.59 Å². The van der Waals surface area contributed by atoms with Gasteiger partial charge in [-0.2, -0.15) is 0 Å². The minimum atomic E-state index is -0.878. The average molecular weight is 824 g/mol. The molecule has 5 heteroatoms. The van der Waals surface area contributed by atoms with Crippen LogP contribution in [0.25, 0.3) is 0 Å². The number of Topliss-reactive ketones (excluding diaryl/α,β-unsaturated/α-hetero) is 2. The van der Waals surface area contributed by atoms with E-state index in [1.807, 2.05) is 60.7 Å². The monoisotopic (exact) mass is 823 g/mol. The standard InChI is InChI=1S/C58H49NO4/c60-55-52-33-19-20-34-53(52)56(61)54(55)43-44-35-37-51(38-36-44)59(39-41-62-57(45-21-7-1-8-22-45,46-23-9-2-10-24-46)47-25-11-3-12-26-47)40-42-63-58(48-27-13-4-14-28-48,49-29-15-5-16-30-49)50-31-17-6-18-32-50/h1-38,54H,39-43H2. The fourth-order valence-corrected chi connectivity index (χ4v) is 9.20. The van der Waals surface area contributed by atoms with Gasteiger partial charge in [-0.05, 0) is 57.5 Å². The second-order valence-electron chi connectivity index (χ2n) is 15.9. The molecule has 0 aliphatic heterocycles. The van der Waals surface area contributed by atoms with Gasteiger partial charge in [-0.1, -0.05) is 218 Å². The summed E-state index contributed by atoms with van der Waals surface area (Å²) in [5.41, 5.74) is 7.43. The number of benzene rings is 8. The van der Waals surface area contributed by atoms with E-state index in [4.69, 9.17) is 9.47 Å². The molecule has 8 aromatic rings. The maximum absolute atomic E-state index is 13.3. The number of hydrogen-bond acceptors (Lipinski definition) is 5. The van der Waals surface area contributed by atoms with E-state index in [1.54, 1.807) is 12.1 Å². The maximum atomic E-state index is 13.3. The highest BCUT2D eigenvalue weighted by Gasteiger charge is 2.40. The molecule has 310 valence electrons. The van der Waals surface area contributed by atoms with Gasteiger partial charge in [0, 0.05) is 29.9 Å². The molecule has 0 amide bonds. The van der Waals surface area contributed by atoms with Crippen LogP contribution in [-0.4, -0.2) is 37.9 Å². The van der Waals surface area contributed by atoms with Crippen LogP contribution in [0.4, 0.5) is 5.69 Å². The molecule has 5 nitrogen and oxygen atoms in total. The zero-order valence-electron chi connectivity index (χ0n) is 35.1. The molecule has 0 heterocycles. The van der Waals surface area contributed by atoms with E-state index in [1.165, 1.54) is 0 Å². The number of nitrogens with zero attached hydrogens (tertiary/aromatic N) is 1. The predicted octanol–water partition coefficient (Wildman–Crippen LogP) is 11.7. The number of carbonyl (C=O) groups excluding carboxylic acids is 2. The Kier molecular flexibility index (Phi) is 12.3. The molecule has 0 saturated carbocycles. The van der Waals surface area contributed by atoms with E-state index in [0.717, 1.165) is 44.6 Å². The molecule has 0 saturated heterocycles. The quantitative estimate of drug-likeness (QED) is 0.0676. The van der Waals surface area contributed by atoms with Crippen molar-refractivity contribution in [3.8, 4) is 0 Å². The third-order valence-electron chi connectivity index (χ3n) is 12.3. The first-order valence-electron chi connectivity index (χ1n) is 21.7. The summed E-state index contributed by atoms with van der Waals surface area (Å²) in [5, 5.41) is 0. The summed E-state index contributed by atoms with van der Waals surface area (Å²) in [6, 6.07) is 78.0. The molecule has 8 aromatic carbocycles. The average Bonchev–Trinajstić information content (AvgIpc) is 3.60. The minimum absolute atomic E-state index is 0.104. The van der Waals surface area contributed by atoms with Crippen molar-refractivity contribution in [1.29, 1.82) is 0 Å². The Hall–Kier alpha value is -7.18. The summed E-state index contributed by atoms with van der Waals surface area (Å²) in [5.74, 6) is -0.920. The van der Waals surface area contributed by atoms with Crippen LogP contribution >= 0.6 is 0 Å². The first-order valence-corrected chi connectivity index (χ1v) is 21.7. The second kappa shape index (κ2) is 18.8. The van der Waals surface area contributed by atoms with Crippen LogP contribution in [0.5, 0.6) is 0 Å². The molecule has 0 unspecified atom stereocenters. The zero-order valence-corrected chi connectivity index (χ0v) is 35.1. The van der Waals surface area contributed by atoms with Crippen LogP contribution in [0.3, 0.4) is 0 Å². The van der Waals surface area contributed by atoms with E-state index in [-0.39, 0.29) is 11.6 Å². The molecule has 0 spiro atoms. The number of ether oxygens (including phenoxy) is 2. The Morgan fingerprint density at radius 1 is 0.365 bits per heavy atom. The highest BCUT2D eigenvalue weighted by atomic mass is 16.5. The van der Waals surface area contributed by atoms with Gasteiger partial charge in [-0.15, -0.1) is 0 Å². The van der Waals surface area contributed by atoms with Crippen molar-refractivity contribution >= 4 is 17.3 Å². The molecule has 1 aliphatic rings. The Balaban J connectivity index is 1.05. The van der Waals surface area contributed by atoms with Crippen molar-refractivity contribution in [3.05, 3.63) is 281 Å². The number of ketones is 2. The lowest BCUT2D eigenvalue weighted by Gasteiger charge is -2.38. The van der Waals surface area contributed by atoms with Crippen molar-refractivity contribution in [2.75, 3.05) is 31.2 Å². The van der Waals surface area contributed by atoms with E-state index < -0.39 is 17.1 Å². The summed E-state index contributed by atoms with van der Waals surface area (Å²) >= 11 is 0. The smallest absolute Gasteiger partial charge is 0.174 e. The normalized spacial score (nSPS) is 12.9. The van der Waals surface area contributed by atoms with Gasteiger partial charge in [0.1, 0.15) is 11.2 Å². The summed E-state index contributed by atoms with van der Waals surface area (Å²) < 4.78 is 14.6. The van der Waals surface area contributed by atoms with Gasteiger partial charge < -0.3 is 14.4 Å². The van der Waals surface area contributed by atoms with Crippen molar-refractivity contribution in [3.63, 3.8) is 0 Å². The molecule has 0 radical (unpaired) electrons. The highest BCUT2D eigenvalue weighted by Crippen LogP contribution is 2.42. The van der Waals surface area contributed by atoms with Crippen molar-refractivity contribution in [2.24, 2.45) is 5.92 Å². The first-order chi connectivity index (χ1) is 31.1. The third-order valence-corrected chi connectivity index (χ3v) is 12.3. The fraction of sp³-hybridized carbons (Fsp3) is 0.138. The van der Waals surface area contributed by atoms with E-state index in [2.05, 4.69) is 163 Å². The van der Waals surface area contributed by atoms with Gasteiger partial charge >= 0.3 is 0 Å². The molecule has 63 heavy (non-hydrogen) atoms. The van der Waals surface area contributed by atoms with E-state index in [0.29, 0.717) is 43.9 Å².